The highest BCUT2D eigenvalue weighted by molar-refractivity contribution is 7.80. The Morgan fingerprint density at radius 2 is 2.03 bits per heavy atom. The number of hydrogen-bond donors (Lipinski definition) is 2. The van der Waals surface area contributed by atoms with Crippen LogP contribution >= 0.6 is 12.2 Å². The zero-order valence-electron chi connectivity index (χ0n) is 18.9. The number of rotatable bonds is 6. The molecule has 1 aliphatic heterocycles. The number of anilines is 2. The topological polar surface area (TPSA) is 62.2 Å². The Morgan fingerprint density at radius 3 is 2.69 bits per heavy atom. The molecule has 2 aromatic heterocycles. The van der Waals surface area contributed by atoms with Crippen LogP contribution in [0.5, 0.6) is 0 Å². The van der Waals surface area contributed by atoms with Crippen molar-refractivity contribution in [3.05, 3.63) is 77.9 Å². The SMILES string of the molecule is CCn1cccc1[C@@H]1[C@@H](c2ccccn2)NC(=S)N1c1ccc(NC(=O)C(C)C)c(C)c1. The van der Waals surface area contributed by atoms with Gasteiger partial charge in [-0.1, -0.05) is 19.9 Å². The number of thiocarbonyl (C=S) groups is 1. The van der Waals surface area contributed by atoms with Gasteiger partial charge in [-0.2, -0.15) is 0 Å². The highest BCUT2D eigenvalue weighted by Crippen LogP contribution is 2.42. The first-order valence-corrected chi connectivity index (χ1v) is 11.4. The fourth-order valence-electron chi connectivity index (χ4n) is 4.13. The van der Waals surface area contributed by atoms with Crippen molar-refractivity contribution in [1.29, 1.82) is 0 Å². The molecule has 2 atom stereocenters. The predicted molar refractivity (Wildman–Crippen MR) is 133 cm³/mol. The van der Waals surface area contributed by atoms with Gasteiger partial charge < -0.3 is 20.1 Å². The van der Waals surface area contributed by atoms with Gasteiger partial charge in [-0.3, -0.25) is 9.78 Å². The van der Waals surface area contributed by atoms with Crippen molar-refractivity contribution >= 4 is 34.6 Å². The fraction of sp³-hybridized carbons (Fsp3) is 0.320. The molecule has 2 N–H and O–H groups in total. The van der Waals surface area contributed by atoms with E-state index in [4.69, 9.17) is 12.2 Å². The second-order valence-electron chi connectivity index (χ2n) is 8.36. The van der Waals surface area contributed by atoms with Crippen LogP contribution in [0.1, 0.15) is 49.8 Å². The minimum absolute atomic E-state index is 0.00748. The molecule has 166 valence electrons. The van der Waals surface area contributed by atoms with Crippen LogP contribution in [0.15, 0.2) is 60.9 Å². The van der Waals surface area contributed by atoms with E-state index in [0.29, 0.717) is 5.11 Å². The fourth-order valence-corrected chi connectivity index (χ4v) is 4.48. The Balaban J connectivity index is 1.75. The highest BCUT2D eigenvalue weighted by atomic mass is 32.1. The third kappa shape index (κ3) is 4.12. The van der Waals surface area contributed by atoms with Crippen molar-refractivity contribution in [3.63, 3.8) is 0 Å². The van der Waals surface area contributed by atoms with Crippen LogP contribution in [-0.2, 0) is 11.3 Å². The lowest BCUT2D eigenvalue weighted by atomic mass is 10.0. The van der Waals surface area contributed by atoms with E-state index in [9.17, 15) is 4.79 Å². The van der Waals surface area contributed by atoms with Gasteiger partial charge in [0, 0.05) is 41.9 Å². The Labute approximate surface area is 194 Å². The standard InChI is InChI=1S/C25H29N5OS/c1-5-29-14-8-10-21(29)23-22(20-9-6-7-13-26-20)28-25(32)30(23)18-11-12-19(17(4)15-18)27-24(31)16(2)3/h6-16,22-23H,5H2,1-4H3,(H,27,31)(H,28,32)/t22-,23-/m1/s1. The van der Waals surface area contributed by atoms with Crippen LogP contribution in [-0.4, -0.2) is 20.6 Å². The molecule has 1 aliphatic rings. The number of aryl methyl sites for hydroxylation is 2. The molecule has 1 saturated heterocycles. The van der Waals surface area contributed by atoms with Gasteiger partial charge in [-0.15, -0.1) is 0 Å². The summed E-state index contributed by atoms with van der Waals surface area (Å²) >= 11 is 5.82. The Hall–Kier alpha value is -3.19. The van der Waals surface area contributed by atoms with Crippen LogP contribution in [0.2, 0.25) is 0 Å². The van der Waals surface area contributed by atoms with Gasteiger partial charge in [0.05, 0.1) is 11.7 Å². The van der Waals surface area contributed by atoms with Gasteiger partial charge in [0.1, 0.15) is 6.04 Å². The molecule has 0 bridgehead atoms. The molecule has 1 amide bonds. The summed E-state index contributed by atoms with van der Waals surface area (Å²) in [6, 6.07) is 16.1. The quantitative estimate of drug-likeness (QED) is 0.522. The molecule has 1 aromatic carbocycles. The first-order chi connectivity index (χ1) is 15.4. The number of amides is 1. The first kappa shape index (κ1) is 22.0. The summed E-state index contributed by atoms with van der Waals surface area (Å²) in [5, 5.41) is 7.17. The molecule has 32 heavy (non-hydrogen) atoms. The van der Waals surface area contributed by atoms with Gasteiger partial charge in [0.2, 0.25) is 5.91 Å². The van der Waals surface area contributed by atoms with E-state index in [1.807, 2.05) is 57.3 Å². The number of nitrogens with one attached hydrogen (secondary N) is 2. The summed E-state index contributed by atoms with van der Waals surface area (Å²) < 4.78 is 2.24. The van der Waals surface area contributed by atoms with E-state index in [1.54, 1.807) is 0 Å². The summed E-state index contributed by atoms with van der Waals surface area (Å²) in [7, 11) is 0. The molecule has 0 unspecified atom stereocenters. The van der Waals surface area contributed by atoms with E-state index in [0.717, 1.165) is 29.2 Å². The number of benzene rings is 1. The van der Waals surface area contributed by atoms with Crippen LogP contribution < -0.4 is 15.5 Å². The molecular formula is C25H29N5OS. The molecule has 3 heterocycles. The van der Waals surface area contributed by atoms with Crippen LogP contribution in [0.3, 0.4) is 0 Å². The van der Waals surface area contributed by atoms with Crippen molar-refractivity contribution < 1.29 is 4.79 Å². The molecule has 0 radical (unpaired) electrons. The maximum Gasteiger partial charge on any atom is 0.226 e. The number of pyridine rings is 1. The summed E-state index contributed by atoms with van der Waals surface area (Å²) in [5.74, 6) is -0.0668. The third-order valence-corrected chi connectivity index (χ3v) is 6.19. The third-order valence-electron chi connectivity index (χ3n) is 5.88. The van der Waals surface area contributed by atoms with Crippen molar-refractivity contribution in [1.82, 2.24) is 14.9 Å². The minimum atomic E-state index is -0.0791. The Morgan fingerprint density at radius 1 is 1.22 bits per heavy atom. The van der Waals surface area contributed by atoms with E-state index in [-0.39, 0.29) is 23.9 Å². The molecule has 3 aromatic rings. The van der Waals surface area contributed by atoms with Crippen molar-refractivity contribution in [2.24, 2.45) is 5.92 Å². The van der Waals surface area contributed by atoms with Crippen molar-refractivity contribution in [2.75, 3.05) is 10.2 Å². The second kappa shape index (κ2) is 9.12. The predicted octanol–water partition coefficient (Wildman–Crippen LogP) is 4.98. The zero-order valence-corrected chi connectivity index (χ0v) is 19.7. The zero-order chi connectivity index (χ0) is 22.8. The summed E-state index contributed by atoms with van der Waals surface area (Å²) in [4.78, 5) is 19.0. The summed E-state index contributed by atoms with van der Waals surface area (Å²) in [6.07, 6.45) is 3.91. The average molecular weight is 448 g/mol. The molecule has 1 fully saturated rings. The normalized spacial score (nSPS) is 18.2. The minimum Gasteiger partial charge on any atom is -0.351 e. The number of carbonyl (C=O) groups is 1. The monoisotopic (exact) mass is 447 g/mol. The number of hydrogen-bond acceptors (Lipinski definition) is 3. The molecule has 6 nitrogen and oxygen atoms in total. The van der Waals surface area contributed by atoms with E-state index >= 15 is 0 Å². The summed E-state index contributed by atoms with van der Waals surface area (Å²) in [6.45, 7) is 8.79. The molecule has 7 heteroatoms. The average Bonchev–Trinajstić information content (AvgIpc) is 3.39. The summed E-state index contributed by atoms with van der Waals surface area (Å²) in [5.41, 5.74) is 4.91. The van der Waals surface area contributed by atoms with Crippen LogP contribution in [0.4, 0.5) is 11.4 Å². The van der Waals surface area contributed by atoms with Gasteiger partial charge >= 0.3 is 0 Å². The molecule has 0 saturated carbocycles. The number of carbonyl (C=O) groups excluding carboxylic acids is 1. The lowest BCUT2D eigenvalue weighted by Gasteiger charge is -2.29. The number of aromatic nitrogens is 2. The number of nitrogens with zero attached hydrogens (tertiary/aromatic N) is 3. The molecule has 4 rings (SSSR count). The van der Waals surface area contributed by atoms with Crippen LogP contribution in [0.25, 0.3) is 0 Å². The van der Waals surface area contributed by atoms with Gasteiger partial charge in [-0.05, 0) is 74.1 Å². The van der Waals surface area contributed by atoms with Gasteiger partial charge in [0.15, 0.2) is 5.11 Å². The van der Waals surface area contributed by atoms with E-state index < -0.39 is 0 Å². The lowest BCUT2D eigenvalue weighted by molar-refractivity contribution is -0.118. The second-order valence-corrected chi connectivity index (χ2v) is 8.75. The van der Waals surface area contributed by atoms with E-state index in [1.165, 1.54) is 5.69 Å². The Bertz CT molecular complexity index is 1120. The van der Waals surface area contributed by atoms with Crippen molar-refractivity contribution in [2.45, 2.75) is 46.3 Å². The largest absolute Gasteiger partial charge is 0.351 e. The smallest absolute Gasteiger partial charge is 0.226 e. The lowest BCUT2D eigenvalue weighted by Crippen LogP contribution is -2.30. The van der Waals surface area contributed by atoms with Gasteiger partial charge in [-0.25, -0.2) is 0 Å². The van der Waals surface area contributed by atoms with Crippen LogP contribution in [0, 0.1) is 12.8 Å². The first-order valence-electron chi connectivity index (χ1n) is 11.0. The highest BCUT2D eigenvalue weighted by Gasteiger charge is 2.42. The molecular weight excluding hydrogens is 418 g/mol. The molecule has 0 aliphatic carbocycles. The van der Waals surface area contributed by atoms with E-state index in [2.05, 4.69) is 56.4 Å². The maximum absolute atomic E-state index is 12.2. The molecule has 0 spiro atoms. The van der Waals surface area contributed by atoms with Gasteiger partial charge in [0.25, 0.3) is 0 Å². The van der Waals surface area contributed by atoms with Crippen molar-refractivity contribution in [3.8, 4) is 0 Å². The Kier molecular flexibility index (Phi) is 6.28. The maximum atomic E-state index is 12.2.